The summed E-state index contributed by atoms with van der Waals surface area (Å²) >= 11 is 0. The average Bonchev–Trinajstić information content (AvgIpc) is 2.97. The quantitative estimate of drug-likeness (QED) is 0.800. The average molecular weight is 273 g/mol. The highest BCUT2D eigenvalue weighted by atomic mass is 16.3. The number of hydrogen-bond donors (Lipinski definition) is 2. The molecule has 0 bridgehead atoms. The zero-order valence-electron chi connectivity index (χ0n) is 12.2. The molecule has 0 spiro atoms. The maximum Gasteiger partial charge on any atom is 0.120 e. The molecule has 2 N–H and O–H groups in total. The van der Waals surface area contributed by atoms with Gasteiger partial charge < -0.3 is 14.8 Å². The van der Waals surface area contributed by atoms with E-state index in [0.29, 0.717) is 11.8 Å². The minimum Gasteiger partial charge on any atom is -0.508 e. The second kappa shape index (κ2) is 7.15. The van der Waals surface area contributed by atoms with E-state index in [1.165, 1.54) is 0 Å². The number of phenolic OH excluding ortho intramolecular Hbond substituents is 1. The summed E-state index contributed by atoms with van der Waals surface area (Å²) in [5.41, 5.74) is 0.972. The van der Waals surface area contributed by atoms with Gasteiger partial charge in [-0.1, -0.05) is 25.1 Å². The third-order valence-electron chi connectivity index (χ3n) is 3.61. The van der Waals surface area contributed by atoms with Crippen LogP contribution in [0.25, 0.3) is 0 Å². The molecule has 1 aromatic heterocycles. The first kappa shape index (κ1) is 14.7. The minimum absolute atomic E-state index is 0.183. The summed E-state index contributed by atoms with van der Waals surface area (Å²) in [6.07, 6.45) is 4.60. The van der Waals surface area contributed by atoms with E-state index in [9.17, 15) is 5.11 Å². The van der Waals surface area contributed by atoms with Gasteiger partial charge in [-0.25, -0.2) is 0 Å². The Morgan fingerprint density at radius 2 is 2.00 bits per heavy atom. The van der Waals surface area contributed by atoms with Crippen LogP contribution in [0.1, 0.15) is 44.1 Å². The number of hydrogen-bond acceptors (Lipinski definition) is 3. The van der Waals surface area contributed by atoms with Gasteiger partial charge in [0.1, 0.15) is 11.5 Å². The predicted molar refractivity (Wildman–Crippen MR) is 80.8 cm³/mol. The SMILES string of the molecule is CCC(NC(C)CCc1ccco1)c1ccccc1O. The molecule has 2 atom stereocenters. The van der Waals surface area contributed by atoms with Gasteiger partial charge in [0.2, 0.25) is 0 Å². The van der Waals surface area contributed by atoms with Crippen molar-refractivity contribution in [3.05, 3.63) is 54.0 Å². The maximum atomic E-state index is 9.95. The molecule has 20 heavy (non-hydrogen) atoms. The Morgan fingerprint density at radius 1 is 1.20 bits per heavy atom. The molecule has 108 valence electrons. The van der Waals surface area contributed by atoms with E-state index >= 15 is 0 Å². The van der Waals surface area contributed by atoms with Crippen LogP contribution in [0.5, 0.6) is 5.75 Å². The number of aromatic hydroxyl groups is 1. The molecule has 0 saturated carbocycles. The van der Waals surface area contributed by atoms with Gasteiger partial charge in [-0.15, -0.1) is 0 Å². The van der Waals surface area contributed by atoms with Crippen LogP contribution in [0.3, 0.4) is 0 Å². The molecule has 0 radical (unpaired) electrons. The Balaban J connectivity index is 1.91. The van der Waals surface area contributed by atoms with Crippen molar-refractivity contribution in [1.29, 1.82) is 0 Å². The van der Waals surface area contributed by atoms with Gasteiger partial charge in [-0.2, -0.15) is 0 Å². The third-order valence-corrected chi connectivity index (χ3v) is 3.61. The lowest BCUT2D eigenvalue weighted by Gasteiger charge is -2.23. The van der Waals surface area contributed by atoms with Crippen molar-refractivity contribution >= 4 is 0 Å². The van der Waals surface area contributed by atoms with Crippen molar-refractivity contribution in [2.45, 2.75) is 45.2 Å². The lowest BCUT2D eigenvalue weighted by Crippen LogP contribution is -2.30. The van der Waals surface area contributed by atoms with Gasteiger partial charge in [0, 0.05) is 24.1 Å². The lowest BCUT2D eigenvalue weighted by atomic mass is 10.0. The summed E-state index contributed by atoms with van der Waals surface area (Å²) in [6, 6.07) is 12.0. The van der Waals surface area contributed by atoms with Crippen LogP contribution >= 0.6 is 0 Å². The highest BCUT2D eigenvalue weighted by Crippen LogP contribution is 2.26. The van der Waals surface area contributed by atoms with Gasteiger partial charge in [0.05, 0.1) is 6.26 Å². The molecule has 2 aromatic rings. The largest absolute Gasteiger partial charge is 0.508 e. The molecule has 2 rings (SSSR count). The summed E-state index contributed by atoms with van der Waals surface area (Å²) in [7, 11) is 0. The number of nitrogens with one attached hydrogen (secondary N) is 1. The zero-order valence-corrected chi connectivity index (χ0v) is 12.2. The summed E-state index contributed by atoms with van der Waals surface area (Å²) in [6.45, 7) is 4.30. The highest BCUT2D eigenvalue weighted by molar-refractivity contribution is 5.34. The van der Waals surface area contributed by atoms with Crippen LogP contribution in [0.4, 0.5) is 0 Å². The second-order valence-corrected chi connectivity index (χ2v) is 5.21. The normalized spacial score (nSPS) is 14.1. The monoisotopic (exact) mass is 273 g/mol. The first-order valence-electron chi connectivity index (χ1n) is 7.27. The van der Waals surface area contributed by atoms with Gasteiger partial charge in [-0.3, -0.25) is 0 Å². The molecule has 0 saturated heterocycles. The van der Waals surface area contributed by atoms with Crippen LogP contribution in [0, 0.1) is 0 Å². The van der Waals surface area contributed by atoms with E-state index < -0.39 is 0 Å². The predicted octanol–water partition coefficient (Wildman–Crippen LogP) is 4.05. The Morgan fingerprint density at radius 3 is 2.65 bits per heavy atom. The fraction of sp³-hybridized carbons (Fsp3) is 0.412. The van der Waals surface area contributed by atoms with E-state index in [1.54, 1.807) is 12.3 Å². The third kappa shape index (κ3) is 3.87. The van der Waals surface area contributed by atoms with E-state index in [2.05, 4.69) is 19.2 Å². The van der Waals surface area contributed by atoms with E-state index in [-0.39, 0.29) is 6.04 Å². The number of para-hydroxylation sites is 1. The lowest BCUT2D eigenvalue weighted by molar-refractivity contribution is 0.394. The topological polar surface area (TPSA) is 45.4 Å². The Kier molecular flexibility index (Phi) is 5.24. The number of phenols is 1. The smallest absolute Gasteiger partial charge is 0.120 e. The fourth-order valence-corrected chi connectivity index (χ4v) is 2.45. The Hall–Kier alpha value is -1.74. The molecule has 3 heteroatoms. The minimum atomic E-state index is 0.183. The Bertz CT molecular complexity index is 507. The molecule has 1 aromatic carbocycles. The van der Waals surface area contributed by atoms with Crippen molar-refractivity contribution in [3.63, 3.8) is 0 Å². The van der Waals surface area contributed by atoms with Gasteiger partial charge in [-0.05, 0) is 38.0 Å². The number of rotatable bonds is 7. The molecule has 1 heterocycles. The Labute approximate surface area is 120 Å². The number of aryl methyl sites for hydroxylation is 1. The van der Waals surface area contributed by atoms with Gasteiger partial charge in [0.25, 0.3) is 0 Å². The number of furan rings is 1. The van der Waals surface area contributed by atoms with Crippen molar-refractivity contribution in [3.8, 4) is 5.75 Å². The van der Waals surface area contributed by atoms with Crippen LogP contribution < -0.4 is 5.32 Å². The van der Waals surface area contributed by atoms with Crippen molar-refractivity contribution in [2.24, 2.45) is 0 Å². The maximum absolute atomic E-state index is 9.95. The standard InChI is InChI=1S/C17H23NO2/c1-3-16(15-8-4-5-9-17(15)19)18-13(2)10-11-14-7-6-12-20-14/h4-9,12-13,16,18-19H,3,10-11H2,1-2H3. The summed E-state index contributed by atoms with van der Waals surface area (Å²) in [5, 5.41) is 13.5. The second-order valence-electron chi connectivity index (χ2n) is 5.21. The van der Waals surface area contributed by atoms with Crippen molar-refractivity contribution in [2.75, 3.05) is 0 Å². The highest BCUT2D eigenvalue weighted by Gasteiger charge is 2.15. The van der Waals surface area contributed by atoms with Crippen LogP contribution in [0.15, 0.2) is 47.1 Å². The molecule has 2 unspecified atom stereocenters. The molecule has 3 nitrogen and oxygen atoms in total. The van der Waals surface area contributed by atoms with E-state index in [1.807, 2.05) is 30.3 Å². The van der Waals surface area contributed by atoms with Crippen molar-refractivity contribution in [1.82, 2.24) is 5.32 Å². The molecule has 0 aliphatic rings. The zero-order chi connectivity index (χ0) is 14.4. The molecule has 0 aliphatic carbocycles. The summed E-state index contributed by atoms with van der Waals surface area (Å²) < 4.78 is 5.35. The van der Waals surface area contributed by atoms with Gasteiger partial charge >= 0.3 is 0 Å². The summed E-state index contributed by atoms with van der Waals surface area (Å²) in [4.78, 5) is 0. The molecule has 0 fully saturated rings. The molecular weight excluding hydrogens is 250 g/mol. The molecule has 0 amide bonds. The number of benzene rings is 1. The first-order valence-corrected chi connectivity index (χ1v) is 7.27. The summed E-state index contributed by atoms with van der Waals surface area (Å²) in [5.74, 6) is 1.39. The van der Waals surface area contributed by atoms with Crippen LogP contribution in [-0.4, -0.2) is 11.1 Å². The van der Waals surface area contributed by atoms with Gasteiger partial charge in [0.15, 0.2) is 0 Å². The molecule has 0 aliphatic heterocycles. The van der Waals surface area contributed by atoms with Crippen LogP contribution in [-0.2, 0) is 6.42 Å². The van der Waals surface area contributed by atoms with E-state index in [4.69, 9.17) is 4.42 Å². The first-order chi connectivity index (χ1) is 9.70. The molecular formula is C17H23NO2. The van der Waals surface area contributed by atoms with Crippen LogP contribution in [0.2, 0.25) is 0 Å². The van der Waals surface area contributed by atoms with E-state index in [0.717, 1.165) is 30.6 Å². The van der Waals surface area contributed by atoms with Crippen molar-refractivity contribution < 1.29 is 9.52 Å². The fourth-order valence-electron chi connectivity index (χ4n) is 2.45.